The van der Waals surface area contributed by atoms with Gasteiger partial charge in [0, 0.05) is 18.5 Å². The molecule has 0 aliphatic heterocycles. The molecule has 2 aromatic carbocycles. The molecule has 3 rings (SSSR count). The van der Waals surface area contributed by atoms with Gasteiger partial charge in [-0.15, -0.1) is 0 Å². The molecule has 24 heavy (non-hydrogen) atoms. The minimum Gasteiger partial charge on any atom is -0.492 e. The zero-order chi connectivity index (χ0) is 16.8. The average molecular weight is 322 g/mol. The third kappa shape index (κ3) is 4.24. The first-order valence-corrected chi connectivity index (χ1v) is 8.06. The van der Waals surface area contributed by atoms with E-state index in [2.05, 4.69) is 22.0 Å². The molecule has 0 aliphatic rings. The molecule has 4 nitrogen and oxygen atoms in total. The van der Waals surface area contributed by atoms with E-state index in [9.17, 15) is 0 Å². The summed E-state index contributed by atoms with van der Waals surface area (Å²) < 4.78 is 11.5. The molecule has 0 atom stereocenters. The van der Waals surface area contributed by atoms with Crippen molar-refractivity contribution in [3.05, 3.63) is 72.2 Å². The Morgan fingerprint density at radius 2 is 1.88 bits per heavy atom. The Labute approximate surface area is 142 Å². The lowest BCUT2D eigenvalue weighted by Crippen LogP contribution is -2.19. The third-order valence-electron chi connectivity index (χ3n) is 3.76. The fraction of sp³-hybridized carbons (Fsp3) is 0.250. The van der Waals surface area contributed by atoms with Gasteiger partial charge in [0.1, 0.15) is 12.4 Å². The molecule has 1 heterocycles. The highest BCUT2D eigenvalue weighted by Crippen LogP contribution is 2.28. The predicted molar refractivity (Wildman–Crippen MR) is 95.2 cm³/mol. The number of hydrogen-bond donors (Lipinski definition) is 0. The smallest absolute Gasteiger partial charge is 0.181 e. The van der Waals surface area contributed by atoms with E-state index < -0.39 is 0 Å². The van der Waals surface area contributed by atoms with Crippen molar-refractivity contribution in [3.8, 4) is 17.1 Å². The van der Waals surface area contributed by atoms with E-state index in [-0.39, 0.29) is 0 Å². The topological polar surface area (TPSA) is 38.5 Å². The van der Waals surface area contributed by atoms with E-state index in [1.54, 1.807) is 0 Å². The second-order valence-electron chi connectivity index (χ2n) is 5.97. The monoisotopic (exact) mass is 322 g/mol. The Kier molecular flexibility index (Phi) is 5.29. The molecule has 0 N–H and O–H groups in total. The maximum atomic E-state index is 5.81. The maximum Gasteiger partial charge on any atom is 0.181 e. The molecule has 0 amide bonds. The average Bonchev–Trinajstić information content (AvgIpc) is 3.04. The number of nitrogens with zero attached hydrogens (tertiary/aromatic N) is 2. The van der Waals surface area contributed by atoms with E-state index in [0.717, 1.165) is 35.7 Å². The number of aromatic nitrogens is 1. The van der Waals surface area contributed by atoms with Gasteiger partial charge in [0.2, 0.25) is 0 Å². The van der Waals surface area contributed by atoms with Crippen LogP contribution in [0.5, 0.6) is 5.75 Å². The van der Waals surface area contributed by atoms with Crippen LogP contribution < -0.4 is 4.74 Å². The molecule has 0 radical (unpaired) electrons. The number of ether oxygens (including phenoxy) is 1. The van der Waals surface area contributed by atoms with Crippen LogP contribution in [0.4, 0.5) is 0 Å². The molecule has 0 fully saturated rings. The summed E-state index contributed by atoms with van der Waals surface area (Å²) in [6, 6.07) is 18.3. The van der Waals surface area contributed by atoms with Crippen LogP contribution >= 0.6 is 0 Å². The van der Waals surface area contributed by atoms with Gasteiger partial charge in [-0.05, 0) is 31.8 Å². The lowest BCUT2D eigenvalue weighted by atomic mass is 10.1. The van der Waals surface area contributed by atoms with Crippen LogP contribution in [0.1, 0.15) is 11.3 Å². The Morgan fingerprint density at radius 3 is 2.67 bits per heavy atom. The summed E-state index contributed by atoms with van der Waals surface area (Å²) in [6.45, 7) is 1.54. The summed E-state index contributed by atoms with van der Waals surface area (Å²) in [5, 5.41) is 0. The first-order chi connectivity index (χ1) is 11.7. The van der Waals surface area contributed by atoms with Crippen molar-refractivity contribution in [2.45, 2.75) is 6.42 Å². The van der Waals surface area contributed by atoms with Gasteiger partial charge in [0.25, 0.3) is 0 Å². The van der Waals surface area contributed by atoms with Crippen LogP contribution in [-0.2, 0) is 6.42 Å². The van der Waals surface area contributed by atoms with Crippen molar-refractivity contribution in [1.29, 1.82) is 0 Å². The van der Waals surface area contributed by atoms with Crippen molar-refractivity contribution in [2.75, 3.05) is 27.2 Å². The highest BCUT2D eigenvalue weighted by Gasteiger charge is 2.12. The quantitative estimate of drug-likeness (QED) is 0.662. The number of hydrogen-bond acceptors (Lipinski definition) is 4. The molecule has 0 saturated heterocycles. The van der Waals surface area contributed by atoms with Gasteiger partial charge in [-0.25, -0.2) is 4.98 Å². The number of likely N-dealkylation sites (N-methyl/N-ethyl adjacent to an activating group) is 1. The van der Waals surface area contributed by atoms with E-state index in [4.69, 9.17) is 9.15 Å². The third-order valence-corrected chi connectivity index (χ3v) is 3.76. The molecular formula is C20H22N2O2. The lowest BCUT2D eigenvalue weighted by Gasteiger charge is -2.11. The summed E-state index contributed by atoms with van der Waals surface area (Å²) in [4.78, 5) is 6.48. The molecule has 1 aromatic heterocycles. The van der Waals surface area contributed by atoms with Crippen LogP contribution in [0.15, 0.2) is 65.4 Å². The van der Waals surface area contributed by atoms with Crippen LogP contribution in [0.25, 0.3) is 11.3 Å². The Balaban J connectivity index is 1.76. The van der Waals surface area contributed by atoms with Crippen molar-refractivity contribution in [2.24, 2.45) is 0 Å². The van der Waals surface area contributed by atoms with Crippen LogP contribution in [0.3, 0.4) is 0 Å². The van der Waals surface area contributed by atoms with Gasteiger partial charge in [0.05, 0.1) is 5.69 Å². The minimum absolute atomic E-state index is 0.656. The first-order valence-electron chi connectivity index (χ1n) is 8.06. The zero-order valence-electron chi connectivity index (χ0n) is 14.1. The van der Waals surface area contributed by atoms with Gasteiger partial charge in [-0.3, -0.25) is 0 Å². The number of benzene rings is 2. The highest BCUT2D eigenvalue weighted by molar-refractivity contribution is 5.62. The van der Waals surface area contributed by atoms with Crippen molar-refractivity contribution in [1.82, 2.24) is 9.88 Å². The molecule has 0 saturated carbocycles. The number of oxazole rings is 1. The Bertz CT molecular complexity index is 766. The summed E-state index contributed by atoms with van der Waals surface area (Å²) >= 11 is 0. The van der Waals surface area contributed by atoms with Crippen LogP contribution in [0, 0.1) is 0 Å². The van der Waals surface area contributed by atoms with Crippen molar-refractivity contribution in [3.63, 3.8) is 0 Å². The van der Waals surface area contributed by atoms with E-state index >= 15 is 0 Å². The van der Waals surface area contributed by atoms with E-state index in [0.29, 0.717) is 6.61 Å². The maximum absolute atomic E-state index is 5.81. The summed E-state index contributed by atoms with van der Waals surface area (Å²) in [5.74, 6) is 1.65. The standard InChI is InChI=1S/C20H22N2O2/c1-22(2)11-12-23-18-10-6-9-17(14-18)20-19(21-15-24-20)13-16-7-4-3-5-8-16/h3-10,14-15H,11-13H2,1-2H3. The van der Waals surface area contributed by atoms with E-state index in [1.807, 2.05) is 56.6 Å². The fourth-order valence-electron chi connectivity index (χ4n) is 2.49. The van der Waals surface area contributed by atoms with Crippen molar-refractivity contribution < 1.29 is 9.15 Å². The summed E-state index contributed by atoms with van der Waals surface area (Å²) in [6.07, 6.45) is 2.26. The van der Waals surface area contributed by atoms with E-state index in [1.165, 1.54) is 12.0 Å². The SMILES string of the molecule is CN(C)CCOc1cccc(-c2ocnc2Cc2ccccc2)c1. The van der Waals surface area contributed by atoms with Crippen LogP contribution in [0.2, 0.25) is 0 Å². The molecule has 124 valence electrons. The van der Waals surface area contributed by atoms with Gasteiger partial charge in [-0.1, -0.05) is 42.5 Å². The second-order valence-corrected chi connectivity index (χ2v) is 5.97. The first kappa shape index (κ1) is 16.3. The summed E-state index contributed by atoms with van der Waals surface area (Å²) in [5.41, 5.74) is 3.14. The summed E-state index contributed by atoms with van der Waals surface area (Å²) in [7, 11) is 4.06. The minimum atomic E-state index is 0.656. The normalized spacial score (nSPS) is 11.0. The Morgan fingerprint density at radius 1 is 1.04 bits per heavy atom. The van der Waals surface area contributed by atoms with Crippen molar-refractivity contribution >= 4 is 0 Å². The van der Waals surface area contributed by atoms with Gasteiger partial charge in [0.15, 0.2) is 12.2 Å². The fourth-order valence-corrected chi connectivity index (χ4v) is 2.49. The molecule has 0 spiro atoms. The number of rotatable bonds is 7. The predicted octanol–water partition coefficient (Wildman–Crippen LogP) is 3.87. The lowest BCUT2D eigenvalue weighted by molar-refractivity contribution is 0.261. The molecule has 4 heteroatoms. The molecule has 3 aromatic rings. The Hall–Kier alpha value is -2.59. The molecule has 0 aliphatic carbocycles. The second kappa shape index (κ2) is 7.79. The zero-order valence-corrected chi connectivity index (χ0v) is 14.1. The van der Waals surface area contributed by atoms with Crippen LogP contribution in [-0.4, -0.2) is 37.1 Å². The van der Waals surface area contributed by atoms with Gasteiger partial charge < -0.3 is 14.1 Å². The van der Waals surface area contributed by atoms with Gasteiger partial charge in [-0.2, -0.15) is 0 Å². The van der Waals surface area contributed by atoms with Gasteiger partial charge >= 0.3 is 0 Å². The largest absolute Gasteiger partial charge is 0.492 e. The molecule has 0 unspecified atom stereocenters. The molecular weight excluding hydrogens is 300 g/mol. The highest BCUT2D eigenvalue weighted by atomic mass is 16.5. The molecule has 0 bridgehead atoms.